The lowest BCUT2D eigenvalue weighted by Gasteiger charge is -2.04. The van der Waals surface area contributed by atoms with Gasteiger partial charge in [-0.1, -0.05) is 13.3 Å². The molecule has 3 nitrogen and oxygen atoms in total. The summed E-state index contributed by atoms with van der Waals surface area (Å²) < 4.78 is 4.63. The van der Waals surface area contributed by atoms with Crippen LogP contribution in [0.2, 0.25) is 0 Å². The molecule has 2 rings (SSSR count). The van der Waals surface area contributed by atoms with Crippen molar-refractivity contribution in [3.63, 3.8) is 0 Å². The molecule has 0 amide bonds. The number of hydrogen-bond acceptors (Lipinski definition) is 4. The Morgan fingerprint density at radius 2 is 2.44 bits per heavy atom. The molecule has 1 fully saturated rings. The second-order valence-corrected chi connectivity index (χ2v) is 5.43. The van der Waals surface area contributed by atoms with E-state index >= 15 is 0 Å². The maximum Gasteiger partial charge on any atom is 0.311 e. The van der Waals surface area contributed by atoms with Gasteiger partial charge in [-0.3, -0.25) is 4.79 Å². The Morgan fingerprint density at radius 3 is 3.06 bits per heavy atom. The van der Waals surface area contributed by atoms with Gasteiger partial charge in [0.15, 0.2) is 0 Å². The first-order valence-electron chi connectivity index (χ1n) is 5.70. The lowest BCUT2D eigenvalue weighted by molar-refractivity contribution is -0.139. The Morgan fingerprint density at radius 1 is 1.62 bits per heavy atom. The van der Waals surface area contributed by atoms with Crippen LogP contribution in [-0.4, -0.2) is 18.1 Å². The van der Waals surface area contributed by atoms with Crippen LogP contribution in [0.4, 0.5) is 0 Å². The van der Waals surface area contributed by atoms with Crippen LogP contribution < -0.4 is 0 Å². The average Bonchev–Trinajstić information content (AvgIpc) is 2.87. The van der Waals surface area contributed by atoms with Crippen LogP contribution in [0.5, 0.6) is 0 Å². The van der Waals surface area contributed by atoms with Crippen LogP contribution in [0.3, 0.4) is 0 Å². The molecule has 0 spiro atoms. The number of ether oxygens (including phenoxy) is 1. The van der Waals surface area contributed by atoms with E-state index in [1.54, 1.807) is 11.3 Å². The highest BCUT2D eigenvalue weighted by molar-refractivity contribution is 7.09. The van der Waals surface area contributed by atoms with Crippen LogP contribution in [0.1, 0.15) is 42.8 Å². The van der Waals surface area contributed by atoms with Crippen molar-refractivity contribution in [1.82, 2.24) is 4.98 Å². The highest BCUT2D eigenvalue weighted by Crippen LogP contribution is 2.39. The fourth-order valence-corrected chi connectivity index (χ4v) is 3.21. The number of hydrogen-bond donors (Lipinski definition) is 0. The largest absolute Gasteiger partial charge is 0.469 e. The van der Waals surface area contributed by atoms with Crippen LogP contribution in [0.25, 0.3) is 0 Å². The summed E-state index contributed by atoms with van der Waals surface area (Å²) in [5, 5.41) is 3.18. The minimum atomic E-state index is -0.211. The molecule has 0 radical (unpaired) electrons. The van der Waals surface area contributed by atoms with E-state index in [-0.39, 0.29) is 5.97 Å². The summed E-state index contributed by atoms with van der Waals surface area (Å²) in [6, 6.07) is 0. The van der Waals surface area contributed by atoms with E-state index < -0.39 is 0 Å². The van der Waals surface area contributed by atoms with Crippen molar-refractivity contribution in [2.45, 2.75) is 38.5 Å². The predicted octanol–water partition coefficient (Wildman–Crippen LogP) is 2.76. The molecular weight excluding hydrogens is 222 g/mol. The quantitative estimate of drug-likeness (QED) is 0.761. The zero-order valence-corrected chi connectivity index (χ0v) is 10.5. The fraction of sp³-hybridized carbons (Fsp3) is 0.667. The van der Waals surface area contributed by atoms with Gasteiger partial charge in [-0.2, -0.15) is 0 Å². The monoisotopic (exact) mass is 239 g/mol. The number of methoxy groups -OCH3 is 1. The average molecular weight is 239 g/mol. The van der Waals surface area contributed by atoms with E-state index in [0.29, 0.717) is 12.3 Å². The predicted molar refractivity (Wildman–Crippen MR) is 63.6 cm³/mol. The van der Waals surface area contributed by atoms with Crippen molar-refractivity contribution in [3.05, 3.63) is 16.1 Å². The number of rotatable bonds is 3. The second kappa shape index (κ2) is 4.95. The topological polar surface area (TPSA) is 39.2 Å². The third kappa shape index (κ3) is 2.61. The first-order chi connectivity index (χ1) is 7.69. The van der Waals surface area contributed by atoms with Crippen LogP contribution in [-0.2, 0) is 16.0 Å². The smallest absolute Gasteiger partial charge is 0.311 e. The van der Waals surface area contributed by atoms with Crippen molar-refractivity contribution in [3.8, 4) is 0 Å². The second-order valence-electron chi connectivity index (χ2n) is 4.55. The molecule has 1 aromatic heterocycles. The van der Waals surface area contributed by atoms with Crippen LogP contribution >= 0.6 is 11.3 Å². The minimum Gasteiger partial charge on any atom is -0.469 e. The molecular formula is C12H17NO2S. The fourth-order valence-electron chi connectivity index (χ4n) is 2.24. The number of nitrogens with zero attached hydrogens (tertiary/aromatic N) is 1. The SMILES string of the molecule is COC(=O)Cc1csc(C2CCC(C)C2)n1. The molecule has 88 valence electrons. The molecule has 0 saturated heterocycles. The van der Waals surface area contributed by atoms with E-state index in [1.807, 2.05) is 5.38 Å². The van der Waals surface area contributed by atoms with Crippen molar-refractivity contribution < 1.29 is 9.53 Å². The molecule has 16 heavy (non-hydrogen) atoms. The van der Waals surface area contributed by atoms with Crippen molar-refractivity contribution in [2.24, 2.45) is 5.92 Å². The Bertz CT molecular complexity index is 375. The molecule has 4 heteroatoms. The Balaban J connectivity index is 1.99. The van der Waals surface area contributed by atoms with Gasteiger partial charge in [-0.25, -0.2) is 4.98 Å². The summed E-state index contributed by atoms with van der Waals surface area (Å²) >= 11 is 1.68. The maximum absolute atomic E-state index is 11.1. The summed E-state index contributed by atoms with van der Waals surface area (Å²) in [6.45, 7) is 2.29. The standard InChI is InChI=1S/C12H17NO2S/c1-8-3-4-9(5-8)12-13-10(7-16-12)6-11(14)15-2/h7-9H,3-6H2,1-2H3. The number of esters is 1. The third-order valence-corrected chi connectivity index (χ3v) is 4.22. The summed E-state index contributed by atoms with van der Waals surface area (Å²) in [5.41, 5.74) is 0.853. The molecule has 1 saturated carbocycles. The highest BCUT2D eigenvalue weighted by atomic mass is 32.1. The number of carbonyl (C=O) groups is 1. The molecule has 1 aliphatic carbocycles. The van der Waals surface area contributed by atoms with Gasteiger partial charge in [-0.05, 0) is 18.8 Å². The van der Waals surface area contributed by atoms with Gasteiger partial charge in [-0.15, -0.1) is 11.3 Å². The van der Waals surface area contributed by atoms with Crippen LogP contribution in [0.15, 0.2) is 5.38 Å². The summed E-state index contributed by atoms with van der Waals surface area (Å²) in [5.74, 6) is 1.22. The van der Waals surface area contributed by atoms with E-state index in [1.165, 1.54) is 31.4 Å². The zero-order chi connectivity index (χ0) is 11.5. The molecule has 1 aromatic rings. The number of thiazole rings is 1. The minimum absolute atomic E-state index is 0.211. The molecule has 0 bridgehead atoms. The summed E-state index contributed by atoms with van der Waals surface area (Å²) in [4.78, 5) is 15.6. The Labute approximate surface area is 99.8 Å². The third-order valence-electron chi connectivity index (χ3n) is 3.17. The first kappa shape index (κ1) is 11.6. The number of aromatic nitrogens is 1. The summed E-state index contributed by atoms with van der Waals surface area (Å²) in [7, 11) is 1.41. The molecule has 1 heterocycles. The lowest BCUT2D eigenvalue weighted by Crippen LogP contribution is -2.05. The van der Waals surface area contributed by atoms with E-state index in [2.05, 4.69) is 16.6 Å². The van der Waals surface area contributed by atoms with Crippen LogP contribution in [0, 0.1) is 5.92 Å². The molecule has 0 N–H and O–H groups in total. The van der Waals surface area contributed by atoms with Gasteiger partial charge in [0, 0.05) is 11.3 Å². The molecule has 0 aromatic carbocycles. The molecule has 2 unspecified atom stereocenters. The number of carbonyl (C=O) groups excluding carboxylic acids is 1. The van der Waals surface area contributed by atoms with Gasteiger partial charge in [0.25, 0.3) is 0 Å². The summed E-state index contributed by atoms with van der Waals surface area (Å²) in [6.07, 6.45) is 4.09. The molecule has 2 atom stereocenters. The van der Waals surface area contributed by atoms with Crippen molar-refractivity contribution >= 4 is 17.3 Å². The highest BCUT2D eigenvalue weighted by Gasteiger charge is 2.25. The first-order valence-corrected chi connectivity index (χ1v) is 6.58. The van der Waals surface area contributed by atoms with E-state index in [0.717, 1.165) is 11.6 Å². The normalized spacial score (nSPS) is 24.6. The molecule has 1 aliphatic rings. The maximum atomic E-state index is 11.1. The Kier molecular flexibility index (Phi) is 3.59. The van der Waals surface area contributed by atoms with Crippen molar-refractivity contribution in [1.29, 1.82) is 0 Å². The zero-order valence-electron chi connectivity index (χ0n) is 9.73. The van der Waals surface area contributed by atoms with Gasteiger partial charge in [0.1, 0.15) is 0 Å². The van der Waals surface area contributed by atoms with Gasteiger partial charge in [0.2, 0.25) is 0 Å². The Hall–Kier alpha value is -0.900. The van der Waals surface area contributed by atoms with Gasteiger partial charge >= 0.3 is 5.97 Å². The van der Waals surface area contributed by atoms with Crippen molar-refractivity contribution in [2.75, 3.05) is 7.11 Å². The van der Waals surface area contributed by atoms with Gasteiger partial charge < -0.3 is 4.74 Å². The lowest BCUT2D eigenvalue weighted by atomic mass is 10.1. The van der Waals surface area contributed by atoms with E-state index in [4.69, 9.17) is 0 Å². The van der Waals surface area contributed by atoms with Gasteiger partial charge in [0.05, 0.1) is 24.2 Å². The molecule has 0 aliphatic heterocycles. The van der Waals surface area contributed by atoms with E-state index in [9.17, 15) is 4.79 Å².